The zero-order valence-electron chi connectivity index (χ0n) is 11.8. The van der Waals surface area contributed by atoms with Gasteiger partial charge < -0.3 is 5.73 Å². The van der Waals surface area contributed by atoms with Crippen LogP contribution in [0.4, 0.5) is 0 Å². The molecule has 0 aliphatic rings. The summed E-state index contributed by atoms with van der Waals surface area (Å²) < 4.78 is 2.05. The molecule has 0 aliphatic heterocycles. The van der Waals surface area contributed by atoms with Crippen LogP contribution in [0.25, 0.3) is 10.9 Å². The topological polar surface area (TPSA) is 43.8 Å². The van der Waals surface area contributed by atoms with Crippen molar-refractivity contribution in [1.82, 2.24) is 9.78 Å². The Balaban J connectivity index is 1.97. The molecule has 0 saturated carbocycles. The van der Waals surface area contributed by atoms with Crippen molar-refractivity contribution >= 4 is 22.2 Å². The lowest BCUT2D eigenvalue weighted by molar-refractivity contribution is 0.641. The number of nitrogens with zero attached hydrogens (tertiary/aromatic N) is 2. The first-order valence-electron chi connectivity index (χ1n) is 6.93. The summed E-state index contributed by atoms with van der Waals surface area (Å²) in [6.45, 7) is 5.12. The van der Waals surface area contributed by atoms with Crippen molar-refractivity contribution in [2.45, 2.75) is 32.9 Å². The van der Waals surface area contributed by atoms with Gasteiger partial charge in [0.05, 0.1) is 11.2 Å². The van der Waals surface area contributed by atoms with Crippen LogP contribution in [0, 0.1) is 6.92 Å². The second kappa shape index (κ2) is 5.38. The Hall–Kier alpha value is -1.65. The Morgan fingerprint density at radius 1 is 1.30 bits per heavy atom. The monoisotopic (exact) mass is 285 g/mol. The molecule has 104 valence electrons. The van der Waals surface area contributed by atoms with E-state index in [1.165, 1.54) is 22.0 Å². The van der Waals surface area contributed by atoms with Crippen molar-refractivity contribution in [2.24, 2.45) is 5.73 Å². The zero-order valence-corrected chi connectivity index (χ0v) is 12.7. The van der Waals surface area contributed by atoms with Crippen molar-refractivity contribution in [3.05, 3.63) is 51.8 Å². The third kappa shape index (κ3) is 2.25. The third-order valence-corrected chi connectivity index (χ3v) is 4.62. The predicted molar refractivity (Wildman–Crippen MR) is 85.1 cm³/mol. The van der Waals surface area contributed by atoms with Gasteiger partial charge in [-0.3, -0.25) is 4.68 Å². The average Bonchev–Trinajstić information content (AvgIpc) is 3.03. The Labute approximate surface area is 123 Å². The van der Waals surface area contributed by atoms with Gasteiger partial charge in [0.1, 0.15) is 0 Å². The van der Waals surface area contributed by atoms with E-state index < -0.39 is 0 Å². The molecule has 0 saturated heterocycles. The van der Waals surface area contributed by atoms with E-state index in [9.17, 15) is 0 Å². The van der Waals surface area contributed by atoms with Gasteiger partial charge in [0, 0.05) is 24.4 Å². The van der Waals surface area contributed by atoms with Crippen LogP contribution in [-0.2, 0) is 13.0 Å². The van der Waals surface area contributed by atoms with Crippen LogP contribution in [0.2, 0.25) is 0 Å². The fraction of sp³-hybridized carbons (Fsp3) is 0.312. The van der Waals surface area contributed by atoms with E-state index in [-0.39, 0.29) is 6.04 Å². The molecule has 2 aromatic heterocycles. The molecule has 0 bridgehead atoms. The maximum atomic E-state index is 6.37. The van der Waals surface area contributed by atoms with Crippen LogP contribution in [0.15, 0.2) is 35.0 Å². The number of hydrogen-bond donors (Lipinski definition) is 1. The molecule has 20 heavy (non-hydrogen) atoms. The highest BCUT2D eigenvalue weighted by molar-refractivity contribution is 7.08. The predicted octanol–water partition coefficient (Wildman–Crippen LogP) is 3.67. The molecule has 4 heteroatoms. The molecule has 2 heterocycles. The normalized spacial score (nSPS) is 12.9. The highest BCUT2D eigenvalue weighted by Gasteiger charge is 2.15. The average molecular weight is 285 g/mol. The maximum absolute atomic E-state index is 6.37. The van der Waals surface area contributed by atoms with Crippen molar-refractivity contribution < 1.29 is 0 Å². The van der Waals surface area contributed by atoms with Gasteiger partial charge in [0.25, 0.3) is 0 Å². The van der Waals surface area contributed by atoms with Gasteiger partial charge in [-0.25, -0.2) is 0 Å². The van der Waals surface area contributed by atoms with E-state index in [4.69, 9.17) is 10.8 Å². The molecular weight excluding hydrogens is 266 g/mol. The van der Waals surface area contributed by atoms with Crippen LogP contribution in [0.3, 0.4) is 0 Å². The fourth-order valence-corrected chi connectivity index (χ4v) is 3.57. The number of fused-ring (bicyclic) bond motifs is 1. The lowest BCUT2D eigenvalue weighted by atomic mass is 10.0. The van der Waals surface area contributed by atoms with Crippen LogP contribution in [0.1, 0.15) is 29.8 Å². The van der Waals surface area contributed by atoms with Crippen molar-refractivity contribution in [3.8, 4) is 0 Å². The summed E-state index contributed by atoms with van der Waals surface area (Å²) >= 11 is 1.71. The van der Waals surface area contributed by atoms with Gasteiger partial charge >= 0.3 is 0 Å². The molecule has 0 aliphatic carbocycles. The Morgan fingerprint density at radius 3 is 2.80 bits per heavy atom. The van der Waals surface area contributed by atoms with Crippen LogP contribution in [0.5, 0.6) is 0 Å². The summed E-state index contributed by atoms with van der Waals surface area (Å²) in [5.74, 6) is 0. The second-order valence-electron chi connectivity index (χ2n) is 5.10. The van der Waals surface area contributed by atoms with Gasteiger partial charge in [-0.2, -0.15) is 16.4 Å². The minimum absolute atomic E-state index is 0.0184. The number of nitrogens with two attached hydrogens (primary N) is 1. The summed E-state index contributed by atoms with van der Waals surface area (Å²) in [6.07, 6.45) is 0.783. The summed E-state index contributed by atoms with van der Waals surface area (Å²) in [7, 11) is 0. The van der Waals surface area contributed by atoms with Gasteiger partial charge in [-0.1, -0.05) is 18.2 Å². The van der Waals surface area contributed by atoms with E-state index in [1.807, 2.05) is 0 Å². The molecule has 3 aromatic rings. The Bertz CT molecular complexity index is 726. The van der Waals surface area contributed by atoms with Gasteiger partial charge in [0.15, 0.2) is 0 Å². The van der Waals surface area contributed by atoms with Crippen molar-refractivity contribution in [3.63, 3.8) is 0 Å². The standard InChI is InChI=1S/C16H19N3S/c1-3-19-16-7-5-4-6-12(16)15(18-19)8-14(17)13-10-20-9-11(13)2/h4-7,9-10,14H,3,8,17H2,1-2H3. The molecule has 0 spiro atoms. The zero-order chi connectivity index (χ0) is 14.1. The van der Waals surface area contributed by atoms with E-state index >= 15 is 0 Å². The van der Waals surface area contributed by atoms with Crippen LogP contribution < -0.4 is 5.73 Å². The molecular formula is C16H19N3S. The molecule has 0 amide bonds. The first kappa shape index (κ1) is 13.3. The number of rotatable bonds is 4. The van der Waals surface area contributed by atoms with E-state index in [0.717, 1.165) is 18.7 Å². The van der Waals surface area contributed by atoms with Crippen LogP contribution >= 0.6 is 11.3 Å². The second-order valence-corrected chi connectivity index (χ2v) is 5.84. The minimum Gasteiger partial charge on any atom is -0.324 e. The Kier molecular flexibility index (Phi) is 3.59. The molecule has 2 N–H and O–H groups in total. The first-order chi connectivity index (χ1) is 9.70. The van der Waals surface area contributed by atoms with Gasteiger partial charge in [0.2, 0.25) is 0 Å². The summed E-state index contributed by atoms with van der Waals surface area (Å²) in [6, 6.07) is 8.40. The van der Waals surface area contributed by atoms with E-state index in [1.54, 1.807) is 11.3 Å². The summed E-state index contributed by atoms with van der Waals surface area (Å²) in [5, 5.41) is 10.3. The molecule has 1 unspecified atom stereocenters. The molecule has 3 nitrogen and oxygen atoms in total. The van der Waals surface area contributed by atoms with E-state index in [2.05, 4.69) is 53.6 Å². The van der Waals surface area contributed by atoms with E-state index in [0.29, 0.717) is 0 Å². The first-order valence-corrected chi connectivity index (χ1v) is 7.87. The minimum atomic E-state index is 0.0184. The van der Waals surface area contributed by atoms with Gasteiger partial charge in [-0.05, 0) is 41.8 Å². The quantitative estimate of drug-likeness (QED) is 0.795. The fourth-order valence-electron chi connectivity index (χ4n) is 2.66. The third-order valence-electron chi connectivity index (χ3n) is 3.74. The smallest absolute Gasteiger partial charge is 0.0722 e. The van der Waals surface area contributed by atoms with Crippen molar-refractivity contribution in [1.29, 1.82) is 0 Å². The highest BCUT2D eigenvalue weighted by atomic mass is 32.1. The summed E-state index contributed by atoms with van der Waals surface area (Å²) in [5.41, 5.74) is 11.2. The number of para-hydroxylation sites is 1. The number of benzene rings is 1. The number of aromatic nitrogens is 2. The van der Waals surface area contributed by atoms with Crippen LogP contribution in [-0.4, -0.2) is 9.78 Å². The number of aryl methyl sites for hydroxylation is 2. The molecule has 3 rings (SSSR count). The Morgan fingerprint density at radius 2 is 2.10 bits per heavy atom. The lowest BCUT2D eigenvalue weighted by Gasteiger charge is -2.10. The molecule has 0 radical (unpaired) electrons. The molecule has 1 atom stereocenters. The molecule has 1 aromatic carbocycles. The number of thiophene rings is 1. The van der Waals surface area contributed by atoms with Crippen molar-refractivity contribution in [2.75, 3.05) is 0 Å². The highest BCUT2D eigenvalue weighted by Crippen LogP contribution is 2.26. The lowest BCUT2D eigenvalue weighted by Crippen LogP contribution is -2.14. The summed E-state index contributed by atoms with van der Waals surface area (Å²) in [4.78, 5) is 0. The maximum Gasteiger partial charge on any atom is 0.0722 e. The molecule has 0 fully saturated rings. The number of hydrogen-bond acceptors (Lipinski definition) is 3. The SMILES string of the molecule is CCn1nc(CC(N)c2cscc2C)c2ccccc21. The largest absolute Gasteiger partial charge is 0.324 e. The van der Waals surface area contributed by atoms with Gasteiger partial charge in [-0.15, -0.1) is 0 Å².